The average Bonchev–Trinajstić information content (AvgIpc) is 3.00. The first kappa shape index (κ1) is 13.1. The van der Waals surface area contributed by atoms with Gasteiger partial charge in [-0.3, -0.25) is 0 Å². The van der Waals surface area contributed by atoms with Gasteiger partial charge in [0.15, 0.2) is 6.29 Å². The van der Waals surface area contributed by atoms with Gasteiger partial charge in [0.05, 0.1) is 30.9 Å². The van der Waals surface area contributed by atoms with E-state index in [-0.39, 0.29) is 0 Å². The summed E-state index contributed by atoms with van der Waals surface area (Å²) in [6.07, 6.45) is -0.423. The van der Waals surface area contributed by atoms with Crippen LogP contribution in [0.2, 0.25) is 0 Å². The van der Waals surface area contributed by atoms with Gasteiger partial charge in [0.1, 0.15) is 11.6 Å². The summed E-state index contributed by atoms with van der Waals surface area (Å²) in [5.41, 5.74) is 4.24. The highest BCUT2D eigenvalue weighted by atomic mass is 16.7. The van der Waals surface area contributed by atoms with Crippen LogP contribution in [0.25, 0.3) is 10.9 Å². The van der Waals surface area contributed by atoms with Crippen molar-refractivity contribution in [3.05, 3.63) is 29.8 Å². The molecule has 1 aromatic carbocycles. The quantitative estimate of drug-likeness (QED) is 0.656. The Morgan fingerprint density at radius 3 is 2.85 bits per heavy atom. The standard InChI is InChI=1S/C14H17N3O3/c1-2-18-10-3-4-12-9(7-10)8-11(13(16-12)17-15)14-19-5-6-20-14/h3-4,7-8,14H,2,5-6,15H2,1H3,(H,16,17). The molecule has 0 amide bonds. The molecule has 0 spiro atoms. The molecule has 2 heterocycles. The van der Waals surface area contributed by atoms with Crippen molar-refractivity contribution in [2.45, 2.75) is 13.2 Å². The molecule has 3 rings (SSSR count). The third-order valence-corrected chi connectivity index (χ3v) is 3.14. The zero-order valence-electron chi connectivity index (χ0n) is 11.3. The minimum absolute atomic E-state index is 0.423. The molecular formula is C14H17N3O3. The molecule has 2 aromatic rings. The molecular weight excluding hydrogens is 258 g/mol. The van der Waals surface area contributed by atoms with Crippen molar-refractivity contribution in [1.29, 1.82) is 0 Å². The number of nitrogens with two attached hydrogens (primary N) is 1. The lowest BCUT2D eigenvalue weighted by atomic mass is 10.1. The van der Waals surface area contributed by atoms with E-state index < -0.39 is 6.29 Å². The molecule has 0 aliphatic carbocycles. The zero-order valence-corrected chi connectivity index (χ0v) is 11.3. The van der Waals surface area contributed by atoms with Crippen LogP contribution in [0.1, 0.15) is 18.8 Å². The minimum Gasteiger partial charge on any atom is -0.494 e. The summed E-state index contributed by atoms with van der Waals surface area (Å²) in [6.45, 7) is 3.73. The number of hydrogen-bond donors (Lipinski definition) is 2. The van der Waals surface area contributed by atoms with Crippen molar-refractivity contribution in [2.24, 2.45) is 5.84 Å². The van der Waals surface area contributed by atoms with Crippen LogP contribution < -0.4 is 16.0 Å². The first-order valence-electron chi connectivity index (χ1n) is 6.59. The first-order chi connectivity index (χ1) is 9.81. The second-order valence-corrected chi connectivity index (χ2v) is 4.43. The predicted octanol–water partition coefficient (Wildman–Crippen LogP) is 1.96. The Morgan fingerprint density at radius 2 is 2.15 bits per heavy atom. The molecule has 0 atom stereocenters. The van der Waals surface area contributed by atoms with E-state index in [4.69, 9.17) is 20.1 Å². The largest absolute Gasteiger partial charge is 0.494 e. The molecule has 0 saturated carbocycles. The number of rotatable bonds is 4. The van der Waals surface area contributed by atoms with E-state index >= 15 is 0 Å². The van der Waals surface area contributed by atoms with Crippen molar-refractivity contribution in [3.8, 4) is 5.75 Å². The fraction of sp³-hybridized carbons (Fsp3) is 0.357. The number of benzene rings is 1. The summed E-state index contributed by atoms with van der Waals surface area (Å²) in [5, 5.41) is 0.962. The number of ether oxygens (including phenoxy) is 3. The number of aromatic nitrogens is 1. The van der Waals surface area contributed by atoms with E-state index in [1.165, 1.54) is 0 Å². The Morgan fingerprint density at radius 1 is 1.35 bits per heavy atom. The number of nitrogens with zero attached hydrogens (tertiary/aromatic N) is 1. The highest BCUT2D eigenvalue weighted by Crippen LogP contribution is 2.32. The fourth-order valence-corrected chi connectivity index (χ4v) is 2.26. The van der Waals surface area contributed by atoms with Gasteiger partial charge in [0, 0.05) is 5.39 Å². The molecule has 106 valence electrons. The summed E-state index contributed by atoms with van der Waals surface area (Å²) >= 11 is 0. The molecule has 6 heteroatoms. The van der Waals surface area contributed by atoms with Gasteiger partial charge in [-0.05, 0) is 31.2 Å². The normalized spacial score (nSPS) is 15.7. The van der Waals surface area contributed by atoms with Crippen molar-refractivity contribution in [1.82, 2.24) is 4.98 Å². The molecule has 1 aliphatic rings. The van der Waals surface area contributed by atoms with Gasteiger partial charge in [-0.1, -0.05) is 0 Å². The summed E-state index contributed by atoms with van der Waals surface area (Å²) in [5.74, 6) is 6.92. The Labute approximate surface area is 116 Å². The second-order valence-electron chi connectivity index (χ2n) is 4.43. The number of hydrogen-bond acceptors (Lipinski definition) is 6. The van der Waals surface area contributed by atoms with Crippen molar-refractivity contribution in [3.63, 3.8) is 0 Å². The number of nitrogen functional groups attached to an aromatic ring is 1. The third-order valence-electron chi connectivity index (χ3n) is 3.14. The van der Waals surface area contributed by atoms with Crippen LogP contribution in [-0.2, 0) is 9.47 Å². The van der Waals surface area contributed by atoms with Crippen molar-refractivity contribution < 1.29 is 14.2 Å². The first-order valence-corrected chi connectivity index (χ1v) is 6.59. The Balaban J connectivity index is 2.07. The highest BCUT2D eigenvalue weighted by molar-refractivity contribution is 5.83. The van der Waals surface area contributed by atoms with Crippen LogP contribution in [0.4, 0.5) is 5.82 Å². The number of anilines is 1. The van der Waals surface area contributed by atoms with Crippen LogP contribution in [0, 0.1) is 0 Å². The minimum atomic E-state index is -0.423. The van der Waals surface area contributed by atoms with Crippen LogP contribution in [0.15, 0.2) is 24.3 Å². The average molecular weight is 275 g/mol. The Hall–Kier alpha value is -1.89. The van der Waals surface area contributed by atoms with Crippen LogP contribution >= 0.6 is 0 Å². The summed E-state index contributed by atoms with van der Waals surface area (Å²) in [7, 11) is 0. The summed E-state index contributed by atoms with van der Waals surface area (Å²) < 4.78 is 16.5. The fourth-order valence-electron chi connectivity index (χ4n) is 2.26. The topological polar surface area (TPSA) is 78.6 Å². The maximum absolute atomic E-state index is 5.54. The lowest BCUT2D eigenvalue weighted by Gasteiger charge is -2.15. The predicted molar refractivity (Wildman–Crippen MR) is 75.4 cm³/mol. The molecule has 0 unspecified atom stereocenters. The molecule has 1 fully saturated rings. The monoisotopic (exact) mass is 275 g/mol. The summed E-state index contributed by atoms with van der Waals surface area (Å²) in [6, 6.07) is 7.71. The van der Waals surface area contributed by atoms with E-state index in [9.17, 15) is 0 Å². The molecule has 20 heavy (non-hydrogen) atoms. The van der Waals surface area contributed by atoms with Crippen LogP contribution in [0.3, 0.4) is 0 Å². The molecule has 3 N–H and O–H groups in total. The van der Waals surface area contributed by atoms with Gasteiger partial charge in [0.2, 0.25) is 0 Å². The van der Waals surface area contributed by atoms with E-state index in [2.05, 4.69) is 10.4 Å². The van der Waals surface area contributed by atoms with Crippen LogP contribution in [0.5, 0.6) is 5.75 Å². The molecule has 1 aliphatic heterocycles. The molecule has 1 aromatic heterocycles. The van der Waals surface area contributed by atoms with Gasteiger partial charge >= 0.3 is 0 Å². The van der Waals surface area contributed by atoms with Gasteiger partial charge in [0.25, 0.3) is 0 Å². The second kappa shape index (κ2) is 5.62. The van der Waals surface area contributed by atoms with E-state index in [0.717, 1.165) is 22.2 Å². The van der Waals surface area contributed by atoms with Crippen molar-refractivity contribution in [2.75, 3.05) is 25.2 Å². The Bertz CT molecular complexity index is 612. The van der Waals surface area contributed by atoms with Crippen LogP contribution in [-0.4, -0.2) is 24.8 Å². The van der Waals surface area contributed by atoms with Gasteiger partial charge in [-0.2, -0.15) is 0 Å². The molecule has 6 nitrogen and oxygen atoms in total. The van der Waals surface area contributed by atoms with Gasteiger partial charge < -0.3 is 19.6 Å². The number of fused-ring (bicyclic) bond motifs is 1. The smallest absolute Gasteiger partial charge is 0.187 e. The maximum atomic E-state index is 5.54. The SMILES string of the molecule is CCOc1ccc2nc(NN)c(C3OCCO3)cc2c1. The maximum Gasteiger partial charge on any atom is 0.187 e. The molecule has 0 bridgehead atoms. The lowest BCUT2D eigenvalue weighted by molar-refractivity contribution is -0.0436. The number of hydrazine groups is 1. The lowest BCUT2D eigenvalue weighted by Crippen LogP contribution is -2.13. The highest BCUT2D eigenvalue weighted by Gasteiger charge is 2.22. The van der Waals surface area contributed by atoms with Gasteiger partial charge in [-0.15, -0.1) is 0 Å². The van der Waals surface area contributed by atoms with E-state index in [1.54, 1.807) is 0 Å². The summed E-state index contributed by atoms with van der Waals surface area (Å²) in [4.78, 5) is 4.49. The van der Waals surface area contributed by atoms with Gasteiger partial charge in [-0.25, -0.2) is 10.8 Å². The third kappa shape index (κ3) is 2.40. The Kier molecular flexibility index (Phi) is 3.68. The molecule has 0 radical (unpaired) electrons. The number of pyridine rings is 1. The number of nitrogens with one attached hydrogen (secondary N) is 1. The van der Waals surface area contributed by atoms with E-state index in [0.29, 0.717) is 25.6 Å². The van der Waals surface area contributed by atoms with Crippen molar-refractivity contribution >= 4 is 16.7 Å². The molecule has 1 saturated heterocycles. The van der Waals surface area contributed by atoms with E-state index in [1.807, 2.05) is 31.2 Å². The zero-order chi connectivity index (χ0) is 13.9.